The number of hydrogen-bond donors (Lipinski definition) is 2. The van der Waals surface area contributed by atoms with Gasteiger partial charge in [-0.2, -0.15) is 5.10 Å². The second-order valence-electron chi connectivity index (χ2n) is 7.58. The van der Waals surface area contributed by atoms with E-state index in [-0.39, 0.29) is 11.8 Å². The summed E-state index contributed by atoms with van der Waals surface area (Å²) in [6.45, 7) is 4.59. The van der Waals surface area contributed by atoms with Gasteiger partial charge in [-0.1, -0.05) is 38.1 Å². The number of hydrogen-bond acceptors (Lipinski definition) is 5. The number of aromatic nitrogens is 3. The van der Waals surface area contributed by atoms with E-state index in [0.717, 1.165) is 11.3 Å². The topological polar surface area (TPSA) is 88.9 Å². The maximum atomic E-state index is 12.7. The molecule has 0 atom stereocenters. The molecular weight excluding hydrogens is 422 g/mol. The molecule has 8 heteroatoms. The Morgan fingerprint density at radius 1 is 1.00 bits per heavy atom. The first-order valence-corrected chi connectivity index (χ1v) is 11.1. The maximum Gasteiger partial charge on any atom is 0.256 e. The summed E-state index contributed by atoms with van der Waals surface area (Å²) in [7, 11) is 0. The minimum absolute atomic E-state index is 0.236. The van der Waals surface area contributed by atoms with Gasteiger partial charge in [0, 0.05) is 12.1 Å². The van der Waals surface area contributed by atoms with Crippen molar-refractivity contribution in [1.82, 2.24) is 20.1 Å². The summed E-state index contributed by atoms with van der Waals surface area (Å²) < 4.78 is 1.67. The Kier molecular flexibility index (Phi) is 6.42. The molecular formula is C24H23N5O2S. The van der Waals surface area contributed by atoms with Crippen molar-refractivity contribution in [3.63, 3.8) is 0 Å². The van der Waals surface area contributed by atoms with E-state index in [1.807, 2.05) is 36.4 Å². The van der Waals surface area contributed by atoms with Crippen LogP contribution in [0.2, 0.25) is 0 Å². The van der Waals surface area contributed by atoms with Gasteiger partial charge >= 0.3 is 0 Å². The molecule has 4 aromatic rings. The lowest BCUT2D eigenvalue weighted by Crippen LogP contribution is -2.24. The number of benzene rings is 2. The highest BCUT2D eigenvalue weighted by Gasteiger charge is 2.16. The van der Waals surface area contributed by atoms with E-state index in [1.54, 1.807) is 34.6 Å². The lowest BCUT2D eigenvalue weighted by atomic mass is 10.0. The zero-order valence-electron chi connectivity index (χ0n) is 17.8. The van der Waals surface area contributed by atoms with Crippen molar-refractivity contribution < 1.29 is 9.59 Å². The third-order valence-electron chi connectivity index (χ3n) is 5.05. The molecule has 162 valence electrons. The zero-order valence-corrected chi connectivity index (χ0v) is 18.6. The molecule has 2 amide bonds. The smallest absolute Gasteiger partial charge is 0.256 e. The van der Waals surface area contributed by atoms with Crippen molar-refractivity contribution in [3.8, 4) is 5.69 Å². The molecule has 0 aliphatic heterocycles. The number of thiophene rings is 1. The minimum Gasteiger partial charge on any atom is -0.348 e. The van der Waals surface area contributed by atoms with Crippen LogP contribution in [0.4, 0.5) is 5.00 Å². The summed E-state index contributed by atoms with van der Waals surface area (Å²) in [4.78, 5) is 29.3. The van der Waals surface area contributed by atoms with Gasteiger partial charge in [0.2, 0.25) is 0 Å². The van der Waals surface area contributed by atoms with Crippen LogP contribution in [0.15, 0.2) is 72.6 Å². The standard InChI is InChI=1S/C24H23N5O2S/c1-16(2)18-5-7-19(8-6-18)22(30)28-24-21(11-12-32-24)23(31)26-13-17-3-9-20(10-4-17)29-15-25-14-27-29/h3-12,14-16H,13H2,1-2H3,(H,26,31)(H,28,30). The fourth-order valence-corrected chi connectivity index (χ4v) is 3.94. The lowest BCUT2D eigenvalue weighted by molar-refractivity contribution is 0.0952. The van der Waals surface area contributed by atoms with E-state index in [4.69, 9.17) is 0 Å². The van der Waals surface area contributed by atoms with Crippen molar-refractivity contribution in [3.05, 3.63) is 94.9 Å². The van der Waals surface area contributed by atoms with Gasteiger partial charge in [-0.05, 0) is 52.8 Å². The predicted molar refractivity (Wildman–Crippen MR) is 125 cm³/mol. The Bertz CT molecular complexity index is 1200. The van der Waals surface area contributed by atoms with Crippen molar-refractivity contribution in [2.45, 2.75) is 26.3 Å². The van der Waals surface area contributed by atoms with Crippen molar-refractivity contribution in [1.29, 1.82) is 0 Å². The molecule has 2 aromatic heterocycles. The van der Waals surface area contributed by atoms with Crippen LogP contribution in [-0.2, 0) is 6.54 Å². The molecule has 32 heavy (non-hydrogen) atoms. The first-order valence-electron chi connectivity index (χ1n) is 10.2. The van der Waals surface area contributed by atoms with E-state index in [1.165, 1.54) is 23.2 Å². The third-order valence-corrected chi connectivity index (χ3v) is 5.88. The normalized spacial score (nSPS) is 10.8. The molecule has 0 bridgehead atoms. The van der Waals surface area contributed by atoms with Gasteiger partial charge in [0.1, 0.15) is 17.7 Å². The Morgan fingerprint density at radius 3 is 2.41 bits per heavy atom. The van der Waals surface area contributed by atoms with Gasteiger partial charge in [0.15, 0.2) is 0 Å². The van der Waals surface area contributed by atoms with Crippen LogP contribution in [-0.4, -0.2) is 26.6 Å². The van der Waals surface area contributed by atoms with Gasteiger partial charge in [-0.15, -0.1) is 11.3 Å². The lowest BCUT2D eigenvalue weighted by Gasteiger charge is -2.09. The highest BCUT2D eigenvalue weighted by molar-refractivity contribution is 7.14. The molecule has 0 unspecified atom stereocenters. The van der Waals surface area contributed by atoms with E-state index in [9.17, 15) is 9.59 Å². The van der Waals surface area contributed by atoms with Crippen LogP contribution in [0.3, 0.4) is 0 Å². The van der Waals surface area contributed by atoms with Crippen molar-refractivity contribution in [2.75, 3.05) is 5.32 Å². The largest absolute Gasteiger partial charge is 0.348 e. The van der Waals surface area contributed by atoms with E-state index in [0.29, 0.717) is 28.6 Å². The number of anilines is 1. The van der Waals surface area contributed by atoms with Crippen molar-refractivity contribution in [2.24, 2.45) is 0 Å². The summed E-state index contributed by atoms with van der Waals surface area (Å²) in [6, 6.07) is 16.9. The van der Waals surface area contributed by atoms with Gasteiger partial charge in [-0.25, -0.2) is 9.67 Å². The second-order valence-corrected chi connectivity index (χ2v) is 8.50. The summed E-state index contributed by atoms with van der Waals surface area (Å²) in [6.07, 6.45) is 3.11. The van der Waals surface area contributed by atoms with Crippen LogP contribution in [0, 0.1) is 0 Å². The summed E-state index contributed by atoms with van der Waals surface area (Å²) >= 11 is 1.32. The zero-order chi connectivity index (χ0) is 22.5. The molecule has 0 fully saturated rings. The first kappa shape index (κ1) is 21.5. The van der Waals surface area contributed by atoms with E-state index in [2.05, 4.69) is 34.6 Å². The number of rotatable bonds is 7. The molecule has 4 rings (SSSR count). The molecule has 0 saturated carbocycles. The number of carbonyl (C=O) groups excluding carboxylic acids is 2. The second kappa shape index (κ2) is 9.57. The van der Waals surface area contributed by atoms with Crippen LogP contribution in [0.25, 0.3) is 5.69 Å². The number of amides is 2. The van der Waals surface area contributed by atoms with Gasteiger partial charge in [0.25, 0.3) is 11.8 Å². The van der Waals surface area contributed by atoms with Crippen LogP contribution in [0.1, 0.15) is 51.6 Å². The molecule has 7 nitrogen and oxygen atoms in total. The summed E-state index contributed by atoms with van der Waals surface area (Å²) in [5.74, 6) is -0.0731. The minimum atomic E-state index is -0.239. The monoisotopic (exact) mass is 445 g/mol. The predicted octanol–water partition coefficient (Wildman–Crippen LogP) is 4.63. The molecule has 2 heterocycles. The van der Waals surface area contributed by atoms with E-state index < -0.39 is 0 Å². The molecule has 0 saturated heterocycles. The third kappa shape index (κ3) is 4.92. The summed E-state index contributed by atoms with van der Waals surface area (Å²) in [5, 5.41) is 12.2. The summed E-state index contributed by atoms with van der Waals surface area (Å²) in [5.41, 5.74) is 4.02. The Labute approximate surface area is 190 Å². The van der Waals surface area contributed by atoms with E-state index >= 15 is 0 Å². The molecule has 0 aliphatic rings. The molecule has 2 N–H and O–H groups in total. The fourth-order valence-electron chi connectivity index (χ4n) is 3.17. The van der Waals surface area contributed by atoms with Crippen LogP contribution >= 0.6 is 11.3 Å². The first-order chi connectivity index (χ1) is 15.5. The van der Waals surface area contributed by atoms with Crippen LogP contribution in [0.5, 0.6) is 0 Å². The Balaban J connectivity index is 1.37. The van der Waals surface area contributed by atoms with Crippen LogP contribution < -0.4 is 10.6 Å². The molecule has 0 radical (unpaired) electrons. The maximum absolute atomic E-state index is 12.7. The Morgan fingerprint density at radius 2 is 1.75 bits per heavy atom. The fraction of sp³-hybridized carbons (Fsp3) is 0.167. The van der Waals surface area contributed by atoms with Gasteiger partial charge in [0.05, 0.1) is 11.3 Å². The molecule has 0 aliphatic carbocycles. The van der Waals surface area contributed by atoms with Gasteiger partial charge < -0.3 is 10.6 Å². The highest BCUT2D eigenvalue weighted by atomic mass is 32.1. The van der Waals surface area contributed by atoms with Crippen molar-refractivity contribution >= 4 is 28.2 Å². The van der Waals surface area contributed by atoms with Gasteiger partial charge in [-0.3, -0.25) is 9.59 Å². The number of nitrogens with one attached hydrogen (secondary N) is 2. The highest BCUT2D eigenvalue weighted by Crippen LogP contribution is 2.24. The number of nitrogens with zero attached hydrogens (tertiary/aromatic N) is 3. The average molecular weight is 446 g/mol. The number of carbonyl (C=O) groups is 2. The average Bonchev–Trinajstić information content (AvgIpc) is 3.50. The quantitative estimate of drug-likeness (QED) is 0.434. The SMILES string of the molecule is CC(C)c1ccc(C(=O)Nc2sccc2C(=O)NCc2ccc(-n3cncn3)cc2)cc1. The Hall–Kier alpha value is -3.78. The molecule has 2 aromatic carbocycles. The molecule has 0 spiro atoms.